The molecule has 0 saturated heterocycles. The van der Waals surface area contributed by atoms with Crippen LogP contribution in [0.4, 0.5) is 0 Å². The first-order valence-electron chi connectivity index (χ1n) is 0. The third-order valence-electron chi connectivity index (χ3n) is 0. The van der Waals surface area contributed by atoms with Crippen molar-refractivity contribution in [1.82, 2.24) is 0 Å². The van der Waals surface area contributed by atoms with Gasteiger partial charge in [-0.25, -0.2) is 0 Å². The van der Waals surface area contributed by atoms with Gasteiger partial charge < -0.3 is 14.9 Å². The first-order valence-corrected chi connectivity index (χ1v) is 0. The summed E-state index contributed by atoms with van der Waals surface area (Å²) in [4.78, 5) is 0. The second kappa shape index (κ2) is 28.7. The zero-order chi connectivity index (χ0) is 0. The first-order chi connectivity index (χ1) is 0. The van der Waals surface area contributed by atoms with E-state index >= 15 is 0 Å². The summed E-state index contributed by atoms with van der Waals surface area (Å²) in [7, 11) is 0. The number of halogens is 1. The van der Waals surface area contributed by atoms with E-state index in [9.17, 15) is 0 Å². The van der Waals surface area contributed by atoms with Gasteiger partial charge in [0.25, 0.3) is 0 Å². The van der Waals surface area contributed by atoms with Crippen LogP contribution in [0.1, 0.15) is 0 Å². The second-order valence-electron chi connectivity index (χ2n) is 0. The Labute approximate surface area is 55.8 Å². The smallest absolute Gasteiger partial charge is 0.358 e. The number of rotatable bonds is 0. The van der Waals surface area contributed by atoms with E-state index in [-0.39, 0.29) is 55.9 Å². The molecule has 2 heteroatoms. The van der Waals surface area contributed by atoms with Gasteiger partial charge in [0.05, 0.1) is 0 Å². The summed E-state index contributed by atoms with van der Waals surface area (Å²) >= 11 is 0. The summed E-state index contributed by atoms with van der Waals surface area (Å²) in [5, 5.41) is 0. The molecule has 0 aliphatic heterocycles. The van der Waals surface area contributed by atoms with Crippen LogP contribution in [0, 0.1) is 14.9 Å². The first kappa shape index (κ1) is 60.7. The minimum absolute atomic E-state index is 0. The Balaban J connectivity index is 0. The van der Waals surface area contributed by atoms with Crippen molar-refractivity contribution in [1.29, 1.82) is 0 Å². The van der Waals surface area contributed by atoms with E-state index in [1.54, 1.807) is 0 Å². The summed E-state index contributed by atoms with van der Waals surface area (Å²) in [5.41, 5.74) is 0. The molecule has 0 heterocycles. The molecular weight excluding hydrogens is 214 g/mol. The van der Waals surface area contributed by atoms with Crippen LogP contribution in [0.5, 0.6) is 0 Å². The van der Waals surface area contributed by atoms with Crippen LogP contribution in [0.3, 0.4) is 0 Å². The molecule has 0 spiro atoms. The van der Waals surface area contributed by atoms with Crippen LogP contribution in [0.2, 0.25) is 0 Å². The average Bonchev–Trinajstić information content (AvgIpc) is 0. The van der Waals surface area contributed by atoms with Gasteiger partial charge in [-0.3, -0.25) is 0 Å². The van der Waals surface area contributed by atoms with Crippen molar-refractivity contribution in [3.8, 4) is 0 Å². The van der Waals surface area contributed by atoms with Crippen molar-refractivity contribution in [3.63, 3.8) is 0 Å². The molecule has 4 heavy (non-hydrogen) atoms. The van der Waals surface area contributed by atoms with Crippen LogP contribution in [0.15, 0.2) is 0 Å². The van der Waals surface area contributed by atoms with Gasteiger partial charge in [-0.15, -0.1) is 24.0 Å². The minimum Gasteiger partial charge on any atom is -0.358 e. The quantitative estimate of drug-likeness (QED) is 0.331. The molecular formula is C2H7CuI. The van der Waals surface area contributed by atoms with Crippen molar-refractivity contribution in [3.05, 3.63) is 14.9 Å². The van der Waals surface area contributed by atoms with Crippen LogP contribution >= 0.6 is 24.0 Å². The number of hydrogen-bond donors (Lipinski definition) is 0. The Bertz CT molecular complexity index is 6.00. The largest absolute Gasteiger partial charge is 2.00 e. The van der Waals surface area contributed by atoms with Gasteiger partial charge in [-0.1, -0.05) is 0 Å². The third-order valence-corrected chi connectivity index (χ3v) is 0. The van der Waals surface area contributed by atoms with E-state index in [0.29, 0.717) is 0 Å². The Morgan fingerprint density at radius 1 is 0.750 bits per heavy atom. The summed E-state index contributed by atoms with van der Waals surface area (Å²) in [6.07, 6.45) is 0. The zero-order valence-electron chi connectivity index (χ0n) is 2.71. The molecule has 0 fully saturated rings. The molecule has 0 aromatic carbocycles. The fraction of sp³-hybridized carbons (Fsp3) is 0. The Hall–Kier alpha value is 1.25. The van der Waals surface area contributed by atoms with Gasteiger partial charge in [0, 0.05) is 0 Å². The Morgan fingerprint density at radius 2 is 0.750 bits per heavy atom. The van der Waals surface area contributed by atoms with Gasteiger partial charge in [0.15, 0.2) is 0 Å². The maximum Gasteiger partial charge on any atom is 2.00 e. The topological polar surface area (TPSA) is 0 Å². The van der Waals surface area contributed by atoms with E-state index in [1.807, 2.05) is 0 Å². The Kier molecular flexibility index (Phi) is 436. The average molecular weight is 222 g/mol. The molecule has 0 amide bonds. The van der Waals surface area contributed by atoms with Crippen LogP contribution in [-0.2, 0) is 17.1 Å². The molecule has 0 bridgehead atoms. The van der Waals surface area contributed by atoms with Crippen molar-refractivity contribution in [2.45, 2.75) is 0 Å². The molecule has 0 N–H and O–H groups in total. The molecule has 0 rings (SSSR count). The van der Waals surface area contributed by atoms with E-state index in [1.165, 1.54) is 0 Å². The SMILES string of the molecule is I.[CH3-].[CH3-].[Cu+2]. The number of hydrogen-bond acceptors (Lipinski definition) is 0. The maximum absolute atomic E-state index is 0. The fourth-order valence-corrected chi connectivity index (χ4v) is 0. The monoisotopic (exact) mass is 221 g/mol. The predicted octanol–water partition coefficient (Wildman–Crippen LogP) is 1.52. The van der Waals surface area contributed by atoms with Gasteiger partial charge >= 0.3 is 17.1 Å². The third kappa shape index (κ3) is 10.5. The van der Waals surface area contributed by atoms with Crippen molar-refractivity contribution in [2.24, 2.45) is 0 Å². The van der Waals surface area contributed by atoms with Gasteiger partial charge in [0.1, 0.15) is 0 Å². The standard InChI is InChI=1S/2CH3.Cu.HI/h2*1H3;;1H/q2*-1;+2;. The van der Waals surface area contributed by atoms with E-state index in [2.05, 4.69) is 0 Å². The molecule has 0 aliphatic carbocycles. The van der Waals surface area contributed by atoms with Crippen molar-refractivity contribution >= 4 is 24.0 Å². The summed E-state index contributed by atoms with van der Waals surface area (Å²) in [6, 6.07) is 0. The van der Waals surface area contributed by atoms with Gasteiger partial charge in [-0.2, -0.15) is 0 Å². The molecule has 0 atom stereocenters. The van der Waals surface area contributed by atoms with Crippen LogP contribution in [0.25, 0.3) is 0 Å². The van der Waals surface area contributed by atoms with Crippen molar-refractivity contribution in [2.75, 3.05) is 0 Å². The van der Waals surface area contributed by atoms with E-state index < -0.39 is 0 Å². The molecule has 33 valence electrons. The molecule has 0 aromatic heterocycles. The van der Waals surface area contributed by atoms with Crippen LogP contribution < -0.4 is 0 Å². The molecule has 0 aliphatic rings. The fourth-order valence-electron chi connectivity index (χ4n) is 0. The normalized spacial score (nSPS) is 0. The molecule has 0 unspecified atom stereocenters. The molecule has 0 nitrogen and oxygen atoms in total. The summed E-state index contributed by atoms with van der Waals surface area (Å²) in [5.74, 6) is 0. The Morgan fingerprint density at radius 3 is 0.750 bits per heavy atom. The predicted molar refractivity (Wildman–Crippen MR) is 28.2 cm³/mol. The summed E-state index contributed by atoms with van der Waals surface area (Å²) in [6.45, 7) is 0. The van der Waals surface area contributed by atoms with E-state index in [4.69, 9.17) is 0 Å². The van der Waals surface area contributed by atoms with Gasteiger partial charge in [0.2, 0.25) is 0 Å². The molecule has 1 radical (unpaired) electrons. The van der Waals surface area contributed by atoms with Gasteiger partial charge in [-0.05, 0) is 0 Å². The second-order valence-corrected chi connectivity index (χ2v) is 0. The molecule has 0 aromatic rings. The van der Waals surface area contributed by atoms with E-state index in [0.717, 1.165) is 0 Å². The zero-order valence-corrected chi connectivity index (χ0v) is 5.98. The van der Waals surface area contributed by atoms with Crippen molar-refractivity contribution < 1.29 is 17.1 Å². The maximum atomic E-state index is 0. The minimum atomic E-state index is 0. The summed E-state index contributed by atoms with van der Waals surface area (Å²) < 4.78 is 0. The van der Waals surface area contributed by atoms with Crippen LogP contribution in [-0.4, -0.2) is 0 Å². The molecule has 0 saturated carbocycles.